The van der Waals surface area contributed by atoms with Crippen LogP contribution in [0.4, 0.5) is 0 Å². The first kappa shape index (κ1) is 14.7. The molecular formula is C14H16BrN3O2. The molecule has 1 heterocycles. The lowest BCUT2D eigenvalue weighted by Gasteiger charge is -2.16. The van der Waals surface area contributed by atoms with E-state index in [1.54, 1.807) is 4.68 Å². The average Bonchev–Trinajstić information content (AvgIpc) is 2.85. The lowest BCUT2D eigenvalue weighted by molar-refractivity contribution is -0.138. The van der Waals surface area contributed by atoms with Crippen molar-refractivity contribution in [2.24, 2.45) is 0 Å². The third kappa shape index (κ3) is 3.07. The van der Waals surface area contributed by atoms with Crippen molar-refractivity contribution in [3.8, 4) is 0 Å². The summed E-state index contributed by atoms with van der Waals surface area (Å²) >= 11 is 3.41. The molecule has 0 radical (unpaired) electrons. The first-order valence-corrected chi connectivity index (χ1v) is 7.15. The van der Waals surface area contributed by atoms with Gasteiger partial charge in [-0.25, -0.2) is 9.67 Å². The van der Waals surface area contributed by atoms with E-state index < -0.39 is 11.9 Å². The van der Waals surface area contributed by atoms with Crippen LogP contribution >= 0.6 is 15.9 Å². The Morgan fingerprint density at radius 1 is 1.40 bits per heavy atom. The van der Waals surface area contributed by atoms with Crippen LogP contribution in [0.15, 0.2) is 35.1 Å². The second-order valence-electron chi connectivity index (χ2n) is 4.83. The van der Waals surface area contributed by atoms with E-state index in [4.69, 9.17) is 0 Å². The van der Waals surface area contributed by atoms with E-state index in [-0.39, 0.29) is 6.04 Å². The summed E-state index contributed by atoms with van der Waals surface area (Å²) in [5, 5.41) is 13.6. The van der Waals surface area contributed by atoms with Crippen molar-refractivity contribution in [2.75, 3.05) is 0 Å². The third-order valence-corrected chi connectivity index (χ3v) is 3.82. The Labute approximate surface area is 125 Å². The van der Waals surface area contributed by atoms with Crippen molar-refractivity contribution < 1.29 is 9.90 Å². The average molecular weight is 338 g/mol. The fourth-order valence-corrected chi connectivity index (χ4v) is 2.68. The van der Waals surface area contributed by atoms with Gasteiger partial charge in [0.2, 0.25) is 0 Å². The molecule has 6 heteroatoms. The molecule has 0 aliphatic heterocycles. The molecule has 1 atom stereocenters. The van der Waals surface area contributed by atoms with Gasteiger partial charge in [0.1, 0.15) is 12.2 Å². The highest BCUT2D eigenvalue weighted by Crippen LogP contribution is 2.28. The first-order chi connectivity index (χ1) is 9.50. The van der Waals surface area contributed by atoms with E-state index in [2.05, 4.69) is 26.0 Å². The normalized spacial score (nSPS) is 12.6. The summed E-state index contributed by atoms with van der Waals surface area (Å²) in [7, 11) is 0. The number of hydrogen-bond donors (Lipinski definition) is 1. The van der Waals surface area contributed by atoms with E-state index in [1.807, 2.05) is 38.1 Å². The molecular weight excluding hydrogens is 322 g/mol. The topological polar surface area (TPSA) is 68.0 Å². The van der Waals surface area contributed by atoms with Crippen LogP contribution in [0.5, 0.6) is 0 Å². The molecule has 20 heavy (non-hydrogen) atoms. The summed E-state index contributed by atoms with van der Waals surface area (Å²) in [4.78, 5) is 15.8. The van der Waals surface area contributed by atoms with Crippen molar-refractivity contribution in [3.05, 3.63) is 46.5 Å². The largest absolute Gasteiger partial charge is 0.481 e. The molecule has 0 bridgehead atoms. The molecule has 0 amide bonds. The molecule has 106 valence electrons. The van der Waals surface area contributed by atoms with Crippen LogP contribution in [0.1, 0.15) is 37.2 Å². The van der Waals surface area contributed by atoms with Crippen LogP contribution in [0.2, 0.25) is 0 Å². The van der Waals surface area contributed by atoms with Gasteiger partial charge >= 0.3 is 5.97 Å². The fraction of sp³-hybridized carbons (Fsp3) is 0.357. The second-order valence-corrected chi connectivity index (χ2v) is 5.69. The number of benzene rings is 1. The highest BCUT2D eigenvalue weighted by atomic mass is 79.9. The summed E-state index contributed by atoms with van der Waals surface area (Å²) in [5.41, 5.74) is 0.748. The minimum atomic E-state index is -0.866. The molecule has 1 aromatic heterocycles. The Hall–Kier alpha value is -1.69. The van der Waals surface area contributed by atoms with Crippen molar-refractivity contribution in [1.82, 2.24) is 14.8 Å². The molecule has 2 aromatic rings. The van der Waals surface area contributed by atoms with Crippen molar-refractivity contribution in [3.63, 3.8) is 0 Å². The van der Waals surface area contributed by atoms with Crippen molar-refractivity contribution in [1.29, 1.82) is 0 Å². The van der Waals surface area contributed by atoms with Gasteiger partial charge in [0.05, 0.1) is 5.92 Å². The Morgan fingerprint density at radius 3 is 2.70 bits per heavy atom. The van der Waals surface area contributed by atoms with Gasteiger partial charge in [0, 0.05) is 16.9 Å². The van der Waals surface area contributed by atoms with Crippen molar-refractivity contribution >= 4 is 21.9 Å². The van der Waals surface area contributed by atoms with Gasteiger partial charge in [0.25, 0.3) is 0 Å². The number of aromatic nitrogens is 3. The maximum Gasteiger partial charge on any atom is 0.311 e. The number of hydrogen-bond acceptors (Lipinski definition) is 3. The van der Waals surface area contributed by atoms with Gasteiger partial charge in [-0.2, -0.15) is 5.10 Å². The number of nitrogens with zero attached hydrogens (tertiary/aromatic N) is 3. The molecule has 1 unspecified atom stereocenters. The van der Waals surface area contributed by atoms with Crippen LogP contribution in [-0.2, 0) is 11.2 Å². The van der Waals surface area contributed by atoms with E-state index >= 15 is 0 Å². The predicted octanol–water partition coefficient (Wildman–Crippen LogP) is 3.03. The highest BCUT2D eigenvalue weighted by molar-refractivity contribution is 9.10. The van der Waals surface area contributed by atoms with Crippen LogP contribution in [-0.4, -0.2) is 25.8 Å². The molecule has 1 aromatic carbocycles. The summed E-state index contributed by atoms with van der Waals surface area (Å²) < 4.78 is 2.55. The molecule has 0 spiro atoms. The molecule has 0 fully saturated rings. The summed E-state index contributed by atoms with van der Waals surface area (Å²) in [6.07, 6.45) is 1.78. The lowest BCUT2D eigenvalue weighted by atomic mass is 9.95. The molecule has 0 saturated carbocycles. The number of aliphatic carboxylic acids is 1. The Bertz CT molecular complexity index is 610. The maximum absolute atomic E-state index is 11.6. The fourth-order valence-electron chi connectivity index (χ4n) is 2.12. The Kier molecular flexibility index (Phi) is 4.54. The minimum Gasteiger partial charge on any atom is -0.481 e. The summed E-state index contributed by atoms with van der Waals surface area (Å²) in [5.74, 6) is -0.828. The number of halogens is 1. The van der Waals surface area contributed by atoms with Gasteiger partial charge in [-0.3, -0.25) is 4.79 Å². The van der Waals surface area contributed by atoms with E-state index in [0.29, 0.717) is 12.2 Å². The van der Waals surface area contributed by atoms with Gasteiger partial charge in [-0.1, -0.05) is 34.1 Å². The van der Waals surface area contributed by atoms with Gasteiger partial charge in [-0.05, 0) is 25.5 Å². The first-order valence-electron chi connectivity index (χ1n) is 6.36. The van der Waals surface area contributed by atoms with Crippen LogP contribution in [0.25, 0.3) is 0 Å². The second kappa shape index (κ2) is 6.17. The smallest absolute Gasteiger partial charge is 0.311 e. The van der Waals surface area contributed by atoms with E-state index in [9.17, 15) is 9.90 Å². The zero-order valence-corrected chi connectivity index (χ0v) is 12.9. The van der Waals surface area contributed by atoms with Gasteiger partial charge in [-0.15, -0.1) is 0 Å². The molecule has 0 saturated heterocycles. The summed E-state index contributed by atoms with van der Waals surface area (Å²) in [6.45, 7) is 3.98. The quantitative estimate of drug-likeness (QED) is 0.910. The summed E-state index contributed by atoms with van der Waals surface area (Å²) in [6, 6.07) is 7.52. The SMILES string of the molecule is CC(C)n1ncnc1CC(C(=O)O)c1ccccc1Br. The molecule has 1 N–H and O–H groups in total. The standard InChI is InChI=1S/C14H16BrN3O2/c1-9(2)18-13(16-8-17-18)7-11(14(19)20)10-5-3-4-6-12(10)15/h3-6,8-9,11H,7H2,1-2H3,(H,19,20). The Balaban J connectivity index is 2.34. The predicted molar refractivity (Wildman–Crippen MR) is 78.6 cm³/mol. The number of rotatable bonds is 5. The molecule has 0 aliphatic carbocycles. The Morgan fingerprint density at radius 2 is 2.10 bits per heavy atom. The van der Waals surface area contributed by atoms with Crippen LogP contribution < -0.4 is 0 Å². The van der Waals surface area contributed by atoms with Crippen LogP contribution in [0, 0.1) is 0 Å². The lowest BCUT2D eigenvalue weighted by Crippen LogP contribution is -2.18. The van der Waals surface area contributed by atoms with E-state index in [1.165, 1.54) is 6.33 Å². The van der Waals surface area contributed by atoms with Gasteiger partial charge in [0.15, 0.2) is 0 Å². The van der Waals surface area contributed by atoms with Gasteiger partial charge < -0.3 is 5.11 Å². The number of carboxylic acids is 1. The minimum absolute atomic E-state index is 0.154. The number of carbonyl (C=O) groups is 1. The zero-order valence-electron chi connectivity index (χ0n) is 11.3. The van der Waals surface area contributed by atoms with E-state index in [0.717, 1.165) is 10.0 Å². The monoisotopic (exact) mass is 337 g/mol. The molecule has 2 rings (SSSR count). The van der Waals surface area contributed by atoms with Crippen LogP contribution in [0.3, 0.4) is 0 Å². The molecule has 5 nitrogen and oxygen atoms in total. The molecule has 0 aliphatic rings. The highest BCUT2D eigenvalue weighted by Gasteiger charge is 2.25. The third-order valence-electron chi connectivity index (χ3n) is 3.10. The maximum atomic E-state index is 11.6. The zero-order chi connectivity index (χ0) is 14.7. The van der Waals surface area contributed by atoms with Crippen molar-refractivity contribution in [2.45, 2.75) is 32.2 Å². The number of carboxylic acid groups (broad SMARTS) is 1.